The van der Waals surface area contributed by atoms with Gasteiger partial charge in [0.15, 0.2) is 5.96 Å². The lowest BCUT2D eigenvalue weighted by Crippen LogP contribution is -2.41. The molecule has 0 spiro atoms. The van der Waals surface area contributed by atoms with E-state index in [2.05, 4.69) is 29.7 Å². The van der Waals surface area contributed by atoms with E-state index in [1.807, 2.05) is 12.1 Å². The van der Waals surface area contributed by atoms with Crippen molar-refractivity contribution in [1.29, 1.82) is 0 Å². The summed E-state index contributed by atoms with van der Waals surface area (Å²) in [5, 5.41) is 7.51. The number of nitrogens with one attached hydrogen (secondary N) is 2. The first kappa shape index (κ1) is 26.4. The van der Waals surface area contributed by atoms with Gasteiger partial charge in [0.05, 0.1) is 19.8 Å². The summed E-state index contributed by atoms with van der Waals surface area (Å²) in [6, 6.07) is 8.16. The number of nitrogens with zero attached hydrogens (tertiary/aromatic N) is 1. The number of guanidine groups is 1. The molecule has 0 radical (unpaired) electrons. The summed E-state index contributed by atoms with van der Waals surface area (Å²) < 4.78 is 16.1. The van der Waals surface area contributed by atoms with Crippen molar-refractivity contribution < 1.29 is 14.2 Å². The quantitative estimate of drug-likeness (QED) is 0.195. The zero-order valence-corrected chi connectivity index (χ0v) is 20.6. The third-order valence-electron chi connectivity index (χ3n) is 4.96. The molecule has 1 heterocycles. The number of methoxy groups -OCH3 is 1. The molecule has 166 valence electrons. The highest BCUT2D eigenvalue weighted by Gasteiger charge is 2.34. The van der Waals surface area contributed by atoms with Crippen molar-refractivity contribution >= 4 is 41.5 Å². The van der Waals surface area contributed by atoms with Gasteiger partial charge >= 0.3 is 0 Å². The minimum atomic E-state index is -0.0330. The lowest BCUT2D eigenvalue weighted by atomic mass is 9.74. The normalized spacial score (nSPS) is 16.2. The standard InChI is InChI=1S/C21H34ClN3O3.HI/c1-3-23-20(24-10-5-11-27-15-14-26-2)25-17-21(8-12-28-13-9-21)18-6-4-7-19(22)16-18;/h4,6-7,16H,3,5,8-15,17H2,1-2H3,(H2,23,24,25);1H. The molecule has 1 aliphatic rings. The molecule has 8 heteroatoms. The molecule has 0 atom stereocenters. The maximum atomic E-state index is 6.26. The summed E-state index contributed by atoms with van der Waals surface area (Å²) in [5.41, 5.74) is 1.21. The van der Waals surface area contributed by atoms with Crippen molar-refractivity contribution in [2.24, 2.45) is 4.99 Å². The van der Waals surface area contributed by atoms with Crippen molar-refractivity contribution in [1.82, 2.24) is 10.6 Å². The first-order valence-electron chi connectivity index (χ1n) is 10.1. The van der Waals surface area contributed by atoms with Crippen LogP contribution in [0.25, 0.3) is 0 Å². The van der Waals surface area contributed by atoms with E-state index in [-0.39, 0.29) is 29.4 Å². The fourth-order valence-electron chi connectivity index (χ4n) is 3.32. The van der Waals surface area contributed by atoms with Gasteiger partial charge in [-0.2, -0.15) is 0 Å². The monoisotopic (exact) mass is 539 g/mol. The molecular weight excluding hydrogens is 505 g/mol. The van der Waals surface area contributed by atoms with Gasteiger partial charge in [-0.3, -0.25) is 4.99 Å². The van der Waals surface area contributed by atoms with Gasteiger partial charge in [0, 0.05) is 50.5 Å². The third kappa shape index (κ3) is 9.38. The van der Waals surface area contributed by atoms with Gasteiger partial charge < -0.3 is 24.8 Å². The van der Waals surface area contributed by atoms with Crippen LogP contribution in [0.1, 0.15) is 31.7 Å². The lowest BCUT2D eigenvalue weighted by Gasteiger charge is -2.36. The molecule has 0 saturated carbocycles. The van der Waals surface area contributed by atoms with E-state index < -0.39 is 0 Å². The molecule has 0 aromatic heterocycles. The Morgan fingerprint density at radius 1 is 1.21 bits per heavy atom. The van der Waals surface area contributed by atoms with E-state index in [1.165, 1.54) is 5.56 Å². The van der Waals surface area contributed by atoms with Crippen molar-refractivity contribution in [2.75, 3.05) is 59.8 Å². The van der Waals surface area contributed by atoms with Crippen molar-refractivity contribution in [3.8, 4) is 0 Å². The Labute approximate surface area is 197 Å². The van der Waals surface area contributed by atoms with Crippen LogP contribution in [-0.4, -0.2) is 65.7 Å². The van der Waals surface area contributed by atoms with Gasteiger partial charge in [-0.15, -0.1) is 24.0 Å². The third-order valence-corrected chi connectivity index (χ3v) is 5.20. The number of benzene rings is 1. The molecule has 0 aliphatic carbocycles. The Bertz CT molecular complexity index is 598. The second kappa shape index (κ2) is 15.2. The van der Waals surface area contributed by atoms with E-state index >= 15 is 0 Å². The number of halogens is 2. The van der Waals surface area contributed by atoms with Crippen LogP contribution in [0.3, 0.4) is 0 Å². The molecule has 29 heavy (non-hydrogen) atoms. The number of ether oxygens (including phenoxy) is 3. The smallest absolute Gasteiger partial charge is 0.191 e. The van der Waals surface area contributed by atoms with E-state index in [0.717, 1.165) is 56.5 Å². The minimum Gasteiger partial charge on any atom is -0.382 e. The van der Waals surface area contributed by atoms with E-state index in [9.17, 15) is 0 Å². The van der Waals surface area contributed by atoms with Crippen LogP contribution < -0.4 is 10.6 Å². The summed E-state index contributed by atoms with van der Waals surface area (Å²) in [5.74, 6) is 0.840. The van der Waals surface area contributed by atoms with Crippen molar-refractivity contribution in [3.63, 3.8) is 0 Å². The summed E-state index contributed by atoms with van der Waals surface area (Å²) in [4.78, 5) is 4.90. The fourth-order valence-corrected chi connectivity index (χ4v) is 3.51. The summed E-state index contributed by atoms with van der Waals surface area (Å²) >= 11 is 6.26. The van der Waals surface area contributed by atoms with Crippen LogP contribution in [0.2, 0.25) is 5.02 Å². The van der Waals surface area contributed by atoms with Crippen molar-refractivity contribution in [3.05, 3.63) is 34.9 Å². The molecule has 0 unspecified atom stereocenters. The lowest BCUT2D eigenvalue weighted by molar-refractivity contribution is 0.0531. The summed E-state index contributed by atoms with van der Waals surface area (Å²) in [7, 11) is 1.68. The molecule has 0 amide bonds. The Hall–Kier alpha value is -0.610. The first-order valence-corrected chi connectivity index (χ1v) is 10.5. The van der Waals surface area contributed by atoms with Crippen LogP contribution >= 0.6 is 35.6 Å². The molecule has 1 aliphatic heterocycles. The van der Waals surface area contributed by atoms with E-state index in [1.54, 1.807) is 7.11 Å². The molecule has 2 N–H and O–H groups in total. The highest BCUT2D eigenvalue weighted by molar-refractivity contribution is 14.0. The second-order valence-corrected chi connectivity index (χ2v) is 7.42. The van der Waals surface area contributed by atoms with Gasteiger partial charge in [0.2, 0.25) is 0 Å². The van der Waals surface area contributed by atoms with Gasteiger partial charge in [0.25, 0.3) is 0 Å². The Morgan fingerprint density at radius 2 is 2.00 bits per heavy atom. The number of hydrogen-bond acceptors (Lipinski definition) is 4. The van der Waals surface area contributed by atoms with Crippen LogP contribution in [0, 0.1) is 0 Å². The zero-order valence-electron chi connectivity index (χ0n) is 17.5. The Kier molecular flexibility index (Phi) is 13.9. The average molecular weight is 540 g/mol. The molecule has 6 nitrogen and oxygen atoms in total. The first-order chi connectivity index (χ1) is 13.7. The van der Waals surface area contributed by atoms with Crippen LogP contribution in [0.15, 0.2) is 29.3 Å². The van der Waals surface area contributed by atoms with Crippen LogP contribution in [-0.2, 0) is 19.6 Å². The molecule has 2 rings (SSSR count). The minimum absolute atomic E-state index is 0. The molecule has 1 aromatic carbocycles. The Balaban J connectivity index is 0.00000420. The van der Waals surface area contributed by atoms with Crippen LogP contribution in [0.4, 0.5) is 0 Å². The fraction of sp³-hybridized carbons (Fsp3) is 0.667. The average Bonchev–Trinajstić information content (AvgIpc) is 2.72. The van der Waals surface area contributed by atoms with Gasteiger partial charge in [-0.05, 0) is 43.9 Å². The molecule has 1 saturated heterocycles. The van der Waals surface area contributed by atoms with Gasteiger partial charge in [-0.1, -0.05) is 23.7 Å². The molecular formula is C21H35ClIN3O3. The van der Waals surface area contributed by atoms with Crippen molar-refractivity contribution in [2.45, 2.75) is 31.6 Å². The number of hydrogen-bond donors (Lipinski definition) is 2. The number of rotatable bonds is 11. The highest BCUT2D eigenvalue weighted by atomic mass is 127. The largest absolute Gasteiger partial charge is 0.382 e. The maximum Gasteiger partial charge on any atom is 0.191 e. The van der Waals surface area contributed by atoms with Gasteiger partial charge in [-0.25, -0.2) is 0 Å². The predicted molar refractivity (Wildman–Crippen MR) is 130 cm³/mol. The predicted octanol–water partition coefficient (Wildman–Crippen LogP) is 3.61. The molecule has 1 aromatic rings. The topological polar surface area (TPSA) is 64.1 Å². The summed E-state index contributed by atoms with van der Waals surface area (Å²) in [6.07, 6.45) is 2.81. The molecule has 1 fully saturated rings. The highest BCUT2D eigenvalue weighted by Crippen LogP contribution is 2.36. The summed E-state index contributed by atoms with van der Waals surface area (Å²) in [6.45, 7) is 7.90. The zero-order chi connectivity index (χ0) is 20.1. The van der Waals surface area contributed by atoms with Gasteiger partial charge in [0.1, 0.15) is 0 Å². The van der Waals surface area contributed by atoms with Crippen LogP contribution in [0.5, 0.6) is 0 Å². The Morgan fingerprint density at radius 3 is 2.69 bits per heavy atom. The molecule has 0 bridgehead atoms. The maximum absolute atomic E-state index is 6.26. The SMILES string of the molecule is CCNC(=NCC1(c2cccc(Cl)c2)CCOCC1)NCCCOCCOC.I. The van der Waals surface area contributed by atoms with E-state index in [0.29, 0.717) is 26.4 Å². The second-order valence-electron chi connectivity index (χ2n) is 6.98. The number of aliphatic imine (C=N–C) groups is 1. The van der Waals surface area contributed by atoms with E-state index in [4.69, 9.17) is 30.8 Å².